The molecule has 0 atom stereocenters. The zero-order valence-corrected chi connectivity index (χ0v) is 14.5. The van der Waals surface area contributed by atoms with E-state index in [0.717, 1.165) is 44.3 Å². The number of nitrogens with zero attached hydrogens (tertiary/aromatic N) is 2. The van der Waals surface area contributed by atoms with Gasteiger partial charge in [-0.25, -0.2) is 0 Å². The highest BCUT2D eigenvalue weighted by Gasteiger charge is 2.15. The van der Waals surface area contributed by atoms with E-state index < -0.39 is 0 Å². The van der Waals surface area contributed by atoms with Crippen LogP contribution in [-0.2, 0) is 9.53 Å². The number of morpholine rings is 1. The highest BCUT2D eigenvalue weighted by Crippen LogP contribution is 2.10. The molecule has 2 heterocycles. The average molecular weight is 328 g/mol. The predicted octanol–water partition coefficient (Wildman–Crippen LogP) is 3.41. The minimum Gasteiger partial charge on any atom is -0.378 e. The maximum Gasteiger partial charge on any atom is 0.222 e. The van der Waals surface area contributed by atoms with Crippen LogP contribution in [0.5, 0.6) is 0 Å². The number of pyridine rings is 1. The topological polar surface area (TPSA) is 42.4 Å². The number of hydrogen-bond donors (Lipinski definition) is 0. The summed E-state index contributed by atoms with van der Waals surface area (Å²) in [5, 5.41) is 0. The Hall–Kier alpha value is -1.86. The van der Waals surface area contributed by atoms with Gasteiger partial charge in [0.05, 0.1) is 13.2 Å². The number of carbonyl (C=O) groups excluding carboxylic acids is 1. The summed E-state index contributed by atoms with van der Waals surface area (Å²) in [5.41, 5.74) is 0.988. The molecule has 0 aliphatic carbocycles. The first-order chi connectivity index (χ1) is 11.9. The summed E-state index contributed by atoms with van der Waals surface area (Å²) in [5.74, 6) is 6.64. The summed E-state index contributed by atoms with van der Waals surface area (Å²) in [6, 6.07) is 3.89. The van der Waals surface area contributed by atoms with E-state index in [1.807, 2.05) is 17.0 Å². The van der Waals surface area contributed by atoms with Crippen LogP contribution in [0.25, 0.3) is 0 Å². The standard InChI is InChI=1S/C20H28N2O2/c23-20(22-14-16-24-17-15-22)12-8-6-4-2-1-3-5-7-10-19-11-9-13-21-18-19/h9,11,13,18H,1-6,8,12,14-17H2. The van der Waals surface area contributed by atoms with Crippen LogP contribution in [0, 0.1) is 11.8 Å². The fourth-order valence-electron chi connectivity index (χ4n) is 2.77. The van der Waals surface area contributed by atoms with Gasteiger partial charge in [0.25, 0.3) is 0 Å². The molecule has 2 rings (SSSR count). The Labute approximate surface area is 145 Å². The Morgan fingerprint density at radius 3 is 2.62 bits per heavy atom. The zero-order chi connectivity index (χ0) is 16.9. The lowest BCUT2D eigenvalue weighted by Crippen LogP contribution is -2.40. The second-order valence-electron chi connectivity index (χ2n) is 6.16. The van der Waals surface area contributed by atoms with E-state index in [9.17, 15) is 4.79 Å². The molecule has 130 valence electrons. The van der Waals surface area contributed by atoms with Crippen molar-refractivity contribution in [2.75, 3.05) is 26.3 Å². The molecule has 1 saturated heterocycles. The summed E-state index contributed by atoms with van der Waals surface area (Å²) in [6.45, 7) is 2.91. The van der Waals surface area contributed by atoms with E-state index in [4.69, 9.17) is 4.74 Å². The van der Waals surface area contributed by atoms with Crippen molar-refractivity contribution >= 4 is 5.91 Å². The summed E-state index contributed by atoms with van der Waals surface area (Å²) in [4.78, 5) is 18.0. The molecule has 0 bridgehead atoms. The second-order valence-corrected chi connectivity index (χ2v) is 6.16. The molecule has 24 heavy (non-hydrogen) atoms. The summed E-state index contributed by atoms with van der Waals surface area (Å²) >= 11 is 0. The van der Waals surface area contributed by atoms with Crippen LogP contribution in [0.1, 0.15) is 56.9 Å². The van der Waals surface area contributed by atoms with Gasteiger partial charge in [-0.2, -0.15) is 0 Å². The fourth-order valence-corrected chi connectivity index (χ4v) is 2.77. The van der Waals surface area contributed by atoms with E-state index in [1.165, 1.54) is 19.3 Å². The predicted molar refractivity (Wildman–Crippen MR) is 95.5 cm³/mol. The molecule has 1 amide bonds. The third-order valence-electron chi connectivity index (χ3n) is 4.20. The van der Waals surface area contributed by atoms with Gasteiger partial charge in [-0.05, 0) is 25.0 Å². The molecule has 1 aliphatic heterocycles. The molecule has 0 N–H and O–H groups in total. The van der Waals surface area contributed by atoms with Crippen molar-refractivity contribution in [3.63, 3.8) is 0 Å². The van der Waals surface area contributed by atoms with Crippen LogP contribution in [0.2, 0.25) is 0 Å². The molecule has 4 heteroatoms. The molecule has 0 spiro atoms. The van der Waals surface area contributed by atoms with Gasteiger partial charge in [0.1, 0.15) is 0 Å². The smallest absolute Gasteiger partial charge is 0.222 e. The van der Waals surface area contributed by atoms with Crippen LogP contribution in [0.15, 0.2) is 24.5 Å². The first-order valence-corrected chi connectivity index (χ1v) is 9.11. The molecule has 0 aromatic carbocycles. The lowest BCUT2D eigenvalue weighted by molar-refractivity contribution is -0.135. The van der Waals surface area contributed by atoms with Gasteiger partial charge in [0, 0.05) is 43.9 Å². The Balaban J connectivity index is 1.41. The largest absolute Gasteiger partial charge is 0.378 e. The van der Waals surface area contributed by atoms with Crippen LogP contribution >= 0.6 is 0 Å². The summed E-state index contributed by atoms with van der Waals surface area (Å²) in [6.07, 6.45) is 12.2. The van der Waals surface area contributed by atoms with Crippen molar-refractivity contribution < 1.29 is 9.53 Å². The van der Waals surface area contributed by atoms with E-state index in [-0.39, 0.29) is 0 Å². The Morgan fingerprint density at radius 2 is 1.88 bits per heavy atom. The number of rotatable bonds is 8. The van der Waals surface area contributed by atoms with Crippen LogP contribution in [0.3, 0.4) is 0 Å². The zero-order valence-electron chi connectivity index (χ0n) is 14.5. The fraction of sp³-hybridized carbons (Fsp3) is 0.600. The summed E-state index contributed by atoms with van der Waals surface area (Å²) < 4.78 is 5.27. The minimum absolute atomic E-state index is 0.295. The third-order valence-corrected chi connectivity index (χ3v) is 4.20. The van der Waals surface area contributed by atoms with Crippen molar-refractivity contribution in [2.24, 2.45) is 0 Å². The van der Waals surface area contributed by atoms with Gasteiger partial charge >= 0.3 is 0 Å². The van der Waals surface area contributed by atoms with Gasteiger partial charge < -0.3 is 9.64 Å². The van der Waals surface area contributed by atoms with Crippen LogP contribution in [-0.4, -0.2) is 42.1 Å². The normalized spacial score (nSPS) is 14.1. The number of aromatic nitrogens is 1. The molecule has 1 aromatic heterocycles. The van der Waals surface area contributed by atoms with E-state index in [0.29, 0.717) is 25.5 Å². The average Bonchev–Trinajstić information content (AvgIpc) is 2.64. The van der Waals surface area contributed by atoms with Crippen LogP contribution in [0.4, 0.5) is 0 Å². The number of carbonyl (C=O) groups is 1. The highest BCUT2D eigenvalue weighted by atomic mass is 16.5. The molecule has 1 aliphatic rings. The molecule has 0 saturated carbocycles. The van der Waals surface area contributed by atoms with Gasteiger partial charge in [-0.15, -0.1) is 0 Å². The number of amides is 1. The summed E-state index contributed by atoms with van der Waals surface area (Å²) in [7, 11) is 0. The van der Waals surface area contributed by atoms with Gasteiger partial charge in [0.15, 0.2) is 0 Å². The highest BCUT2D eigenvalue weighted by molar-refractivity contribution is 5.76. The van der Waals surface area contributed by atoms with Crippen molar-refractivity contribution in [2.45, 2.75) is 51.4 Å². The molecule has 0 radical (unpaired) electrons. The van der Waals surface area contributed by atoms with Crippen LogP contribution < -0.4 is 0 Å². The molecule has 0 unspecified atom stereocenters. The third kappa shape index (κ3) is 7.61. The number of hydrogen-bond acceptors (Lipinski definition) is 3. The van der Waals surface area contributed by atoms with Crippen molar-refractivity contribution in [3.05, 3.63) is 30.1 Å². The second kappa shape index (κ2) is 11.6. The van der Waals surface area contributed by atoms with Gasteiger partial charge in [0.2, 0.25) is 5.91 Å². The Morgan fingerprint density at radius 1 is 1.12 bits per heavy atom. The number of unbranched alkanes of at least 4 members (excludes halogenated alkanes) is 6. The Kier molecular flexibility index (Phi) is 8.96. The molecule has 1 fully saturated rings. The lowest BCUT2D eigenvalue weighted by atomic mass is 10.1. The molecule has 4 nitrogen and oxygen atoms in total. The minimum atomic E-state index is 0.295. The van der Waals surface area contributed by atoms with Crippen molar-refractivity contribution in [1.82, 2.24) is 9.88 Å². The SMILES string of the molecule is O=C(CCCCCCCCC#Cc1cccnc1)N1CCOCC1. The van der Waals surface area contributed by atoms with Gasteiger partial charge in [-0.3, -0.25) is 9.78 Å². The van der Waals surface area contributed by atoms with Crippen molar-refractivity contribution in [3.8, 4) is 11.8 Å². The maximum atomic E-state index is 12.0. The molecular weight excluding hydrogens is 300 g/mol. The van der Waals surface area contributed by atoms with Crippen molar-refractivity contribution in [1.29, 1.82) is 0 Å². The molecule has 1 aromatic rings. The quantitative estimate of drug-likeness (QED) is 0.542. The molecular formula is C20H28N2O2. The number of ether oxygens (including phenoxy) is 1. The first kappa shape index (κ1) is 18.5. The van der Waals surface area contributed by atoms with E-state index >= 15 is 0 Å². The maximum absolute atomic E-state index is 12.0. The lowest BCUT2D eigenvalue weighted by Gasteiger charge is -2.26. The van der Waals surface area contributed by atoms with Gasteiger partial charge in [-0.1, -0.05) is 37.5 Å². The van der Waals surface area contributed by atoms with E-state index in [2.05, 4.69) is 16.8 Å². The van der Waals surface area contributed by atoms with E-state index in [1.54, 1.807) is 12.4 Å². The monoisotopic (exact) mass is 328 g/mol. The first-order valence-electron chi connectivity index (χ1n) is 9.11. The Bertz CT molecular complexity index is 528.